The summed E-state index contributed by atoms with van der Waals surface area (Å²) < 4.78 is 0. The summed E-state index contributed by atoms with van der Waals surface area (Å²) in [5, 5.41) is 2.87. The predicted molar refractivity (Wildman–Crippen MR) is 83.0 cm³/mol. The van der Waals surface area contributed by atoms with Crippen LogP contribution in [0, 0.1) is 0 Å². The lowest BCUT2D eigenvalue weighted by molar-refractivity contribution is 0.791. The molecule has 5 rings (SSSR count). The maximum atomic E-state index is 2.96. The largest absolute Gasteiger partial charge is 0.109 e. The molecule has 0 saturated carbocycles. The van der Waals surface area contributed by atoms with Gasteiger partial charge in [-0.1, -0.05) is 48.5 Å². The zero-order chi connectivity index (χ0) is 12.3. The van der Waals surface area contributed by atoms with Gasteiger partial charge in [0.2, 0.25) is 0 Å². The first kappa shape index (κ1) is 10.9. The van der Waals surface area contributed by atoms with Crippen LogP contribution in [0.5, 0.6) is 0 Å². The Hall–Kier alpha value is -0.960. The van der Waals surface area contributed by atoms with Crippen LogP contribution in [0.15, 0.2) is 59.2 Å². The molecule has 0 saturated heterocycles. The summed E-state index contributed by atoms with van der Waals surface area (Å²) in [5.41, 5.74) is 5.93. The van der Waals surface area contributed by atoms with Gasteiger partial charge in [0.15, 0.2) is 0 Å². The van der Waals surface area contributed by atoms with E-state index < -0.39 is 0 Å². The van der Waals surface area contributed by atoms with Crippen LogP contribution < -0.4 is 0 Å². The quantitative estimate of drug-likeness (QED) is 0.627. The minimum Gasteiger partial charge on any atom is -0.109 e. The van der Waals surface area contributed by atoms with Gasteiger partial charge in [-0.15, -0.1) is 18.5 Å². The number of hydrogen-bond acceptors (Lipinski definition) is 0. The molecule has 18 heavy (non-hydrogen) atoms. The molecule has 2 bridgehead atoms. The summed E-state index contributed by atoms with van der Waals surface area (Å²) in [6, 6.07) is 17.7. The number of allylic oxidation sites excluding steroid dienone is 2. The van der Waals surface area contributed by atoms with Crippen LogP contribution >= 0.6 is 18.5 Å². The number of rotatable bonds is 0. The van der Waals surface area contributed by atoms with Gasteiger partial charge in [0, 0.05) is 11.8 Å². The van der Waals surface area contributed by atoms with E-state index in [1.165, 1.54) is 32.9 Å². The van der Waals surface area contributed by atoms with Crippen molar-refractivity contribution in [1.29, 1.82) is 0 Å². The third-order valence-electron chi connectivity index (χ3n) is 4.19. The molecule has 2 heteroatoms. The Morgan fingerprint density at radius 3 is 1.11 bits per heavy atom. The van der Waals surface area contributed by atoms with Crippen molar-refractivity contribution in [3.8, 4) is 0 Å². The Morgan fingerprint density at radius 1 is 0.556 bits per heavy atom. The molecular formula is C16H14P2. The molecule has 0 aromatic heterocycles. The second-order valence-electron chi connectivity index (χ2n) is 5.03. The van der Waals surface area contributed by atoms with Crippen LogP contribution in [-0.4, -0.2) is 0 Å². The van der Waals surface area contributed by atoms with Crippen molar-refractivity contribution in [2.45, 2.75) is 11.8 Å². The first-order valence-electron chi connectivity index (χ1n) is 6.21. The van der Waals surface area contributed by atoms with Crippen molar-refractivity contribution in [1.82, 2.24) is 0 Å². The van der Waals surface area contributed by atoms with Crippen LogP contribution in [0.2, 0.25) is 0 Å². The van der Waals surface area contributed by atoms with Gasteiger partial charge in [-0.25, -0.2) is 0 Å². The number of benzene rings is 2. The standard InChI is InChI=1S/C16H14P2/c17-15-13-9-5-1-2-6-10(9)14(16(15)18)12-8-4-3-7-11(12)13/h1-8,13-14H,17-18H2. The molecule has 0 fully saturated rings. The van der Waals surface area contributed by atoms with Crippen LogP contribution in [0.1, 0.15) is 34.1 Å². The van der Waals surface area contributed by atoms with E-state index in [1.807, 2.05) is 0 Å². The molecule has 2 aromatic rings. The van der Waals surface area contributed by atoms with E-state index in [2.05, 4.69) is 67.0 Å². The first-order valence-corrected chi connectivity index (χ1v) is 7.37. The fourth-order valence-corrected chi connectivity index (χ4v) is 4.46. The first-order chi connectivity index (χ1) is 8.79. The molecule has 0 N–H and O–H groups in total. The second-order valence-corrected chi connectivity index (χ2v) is 6.28. The van der Waals surface area contributed by atoms with Crippen molar-refractivity contribution in [3.05, 3.63) is 81.4 Å². The number of hydrogen-bond donors (Lipinski definition) is 0. The van der Waals surface area contributed by atoms with Crippen molar-refractivity contribution in [3.63, 3.8) is 0 Å². The molecule has 2 unspecified atom stereocenters. The summed E-state index contributed by atoms with van der Waals surface area (Å²) in [6.07, 6.45) is 0. The van der Waals surface area contributed by atoms with Gasteiger partial charge < -0.3 is 0 Å². The topological polar surface area (TPSA) is 0 Å². The van der Waals surface area contributed by atoms with Gasteiger partial charge in [-0.2, -0.15) is 0 Å². The summed E-state index contributed by atoms with van der Waals surface area (Å²) in [6.45, 7) is 0. The van der Waals surface area contributed by atoms with Crippen molar-refractivity contribution >= 4 is 18.5 Å². The Morgan fingerprint density at radius 2 is 0.833 bits per heavy atom. The zero-order valence-corrected chi connectivity index (χ0v) is 12.2. The SMILES string of the molecule is PC1=C(P)C2c3ccccc3C1c1ccccc12. The van der Waals surface area contributed by atoms with Crippen molar-refractivity contribution < 1.29 is 0 Å². The molecule has 2 aromatic carbocycles. The molecular weight excluding hydrogens is 254 g/mol. The maximum Gasteiger partial charge on any atom is 0.0348 e. The third kappa shape index (κ3) is 1.23. The minimum atomic E-state index is 0.430. The third-order valence-corrected chi connectivity index (χ3v) is 5.86. The molecule has 3 aliphatic carbocycles. The van der Waals surface area contributed by atoms with Crippen molar-refractivity contribution in [2.24, 2.45) is 0 Å². The summed E-state index contributed by atoms with van der Waals surface area (Å²) in [4.78, 5) is 0. The smallest absolute Gasteiger partial charge is 0.0348 e. The molecule has 0 aliphatic heterocycles. The highest BCUT2D eigenvalue weighted by molar-refractivity contribution is 7.28. The second kappa shape index (κ2) is 3.77. The van der Waals surface area contributed by atoms with Crippen LogP contribution in [0.4, 0.5) is 0 Å². The molecule has 3 aliphatic rings. The van der Waals surface area contributed by atoms with E-state index in [0.717, 1.165) is 0 Å². The average Bonchev–Trinajstić information content (AvgIpc) is 2.42. The zero-order valence-electron chi connectivity index (χ0n) is 9.93. The molecule has 0 nitrogen and oxygen atoms in total. The highest BCUT2D eigenvalue weighted by Gasteiger charge is 2.39. The van der Waals surface area contributed by atoms with Crippen molar-refractivity contribution in [2.75, 3.05) is 0 Å². The van der Waals surface area contributed by atoms with E-state index in [1.54, 1.807) is 0 Å². The fraction of sp³-hybridized carbons (Fsp3) is 0.125. The van der Waals surface area contributed by atoms with Gasteiger partial charge in [-0.05, 0) is 32.9 Å². The van der Waals surface area contributed by atoms with E-state index in [0.29, 0.717) is 11.8 Å². The lowest BCUT2D eigenvalue weighted by Crippen LogP contribution is -2.24. The highest BCUT2D eigenvalue weighted by Crippen LogP contribution is 2.58. The molecule has 2 atom stereocenters. The van der Waals surface area contributed by atoms with E-state index in [4.69, 9.17) is 0 Å². The molecule has 0 radical (unpaired) electrons. The molecule has 0 spiro atoms. The molecule has 0 amide bonds. The Kier molecular flexibility index (Phi) is 2.28. The van der Waals surface area contributed by atoms with Gasteiger partial charge in [0.25, 0.3) is 0 Å². The Balaban J connectivity index is 2.10. The Labute approximate surface area is 112 Å². The maximum absolute atomic E-state index is 2.96. The van der Waals surface area contributed by atoms with Gasteiger partial charge in [0.05, 0.1) is 0 Å². The van der Waals surface area contributed by atoms with E-state index in [9.17, 15) is 0 Å². The van der Waals surface area contributed by atoms with Gasteiger partial charge in [0.1, 0.15) is 0 Å². The lowest BCUT2D eigenvalue weighted by Gasteiger charge is -2.41. The minimum absolute atomic E-state index is 0.430. The van der Waals surface area contributed by atoms with Crippen LogP contribution in [0.25, 0.3) is 0 Å². The summed E-state index contributed by atoms with van der Waals surface area (Å²) >= 11 is 0. The van der Waals surface area contributed by atoms with Crippen LogP contribution in [-0.2, 0) is 0 Å². The van der Waals surface area contributed by atoms with Crippen LogP contribution in [0.3, 0.4) is 0 Å². The predicted octanol–water partition coefficient (Wildman–Crippen LogP) is 4.24. The average molecular weight is 268 g/mol. The van der Waals surface area contributed by atoms with Gasteiger partial charge >= 0.3 is 0 Å². The summed E-state index contributed by atoms with van der Waals surface area (Å²) in [5.74, 6) is 0.861. The highest BCUT2D eigenvalue weighted by atomic mass is 31.0. The van der Waals surface area contributed by atoms with E-state index in [-0.39, 0.29) is 0 Å². The van der Waals surface area contributed by atoms with Gasteiger partial charge in [-0.3, -0.25) is 0 Å². The molecule has 88 valence electrons. The monoisotopic (exact) mass is 268 g/mol. The van der Waals surface area contributed by atoms with E-state index >= 15 is 0 Å². The normalized spacial score (nSPS) is 23.9. The lowest BCUT2D eigenvalue weighted by atomic mass is 9.67. The Bertz CT molecular complexity index is 580. The fourth-order valence-electron chi connectivity index (χ4n) is 3.41. The summed E-state index contributed by atoms with van der Waals surface area (Å²) in [7, 11) is 5.92. The molecule has 0 heterocycles.